The highest BCUT2D eigenvalue weighted by Gasteiger charge is 2.09. The lowest BCUT2D eigenvalue weighted by atomic mass is 10.3. The summed E-state index contributed by atoms with van der Waals surface area (Å²) < 4.78 is 0. The maximum atomic E-state index is 6.09. The van der Waals surface area contributed by atoms with Crippen LogP contribution in [-0.2, 0) is 6.54 Å². The molecule has 0 atom stereocenters. The van der Waals surface area contributed by atoms with E-state index in [2.05, 4.69) is 35.6 Å². The van der Waals surface area contributed by atoms with Gasteiger partial charge in [-0.15, -0.1) is 11.3 Å². The van der Waals surface area contributed by atoms with Gasteiger partial charge in [-0.25, -0.2) is 10.8 Å². The van der Waals surface area contributed by atoms with Crippen molar-refractivity contribution >= 4 is 46.2 Å². The molecule has 19 heavy (non-hydrogen) atoms. The maximum absolute atomic E-state index is 6.09. The third kappa shape index (κ3) is 3.30. The quantitative estimate of drug-likeness (QED) is 0.590. The first-order chi connectivity index (χ1) is 9.01. The van der Waals surface area contributed by atoms with Crippen LogP contribution in [0.15, 0.2) is 12.1 Å². The molecule has 0 saturated heterocycles. The van der Waals surface area contributed by atoms with Crippen molar-refractivity contribution < 1.29 is 0 Å². The number of hydrogen-bond acceptors (Lipinski definition) is 5. The number of hydrazine groups is 1. The van der Waals surface area contributed by atoms with Gasteiger partial charge < -0.3 is 10.7 Å². The molecule has 0 amide bonds. The molecule has 0 aliphatic rings. The zero-order valence-corrected chi connectivity index (χ0v) is 12.9. The van der Waals surface area contributed by atoms with Crippen LogP contribution >= 0.6 is 34.5 Å². The average Bonchev–Trinajstić information content (AvgIpc) is 2.68. The lowest BCUT2D eigenvalue weighted by Crippen LogP contribution is -2.11. The third-order valence-electron chi connectivity index (χ3n) is 2.71. The minimum atomic E-state index is 0.390. The first kappa shape index (κ1) is 14.4. The predicted molar refractivity (Wildman–Crippen MR) is 83.2 cm³/mol. The Morgan fingerprint density at radius 2 is 1.89 bits per heavy atom. The molecule has 0 aliphatic carbocycles. The number of nitrogens with one attached hydrogen (secondary N) is 2. The number of aryl methyl sites for hydroxylation is 2. The molecule has 2 aromatic rings. The Hall–Kier alpha value is -1.01. The molecule has 2 heterocycles. The van der Waals surface area contributed by atoms with Crippen LogP contribution in [0.25, 0.3) is 0 Å². The van der Waals surface area contributed by atoms with Crippen LogP contribution in [0.3, 0.4) is 0 Å². The van der Waals surface area contributed by atoms with Crippen LogP contribution in [0.1, 0.15) is 15.3 Å². The fourth-order valence-electron chi connectivity index (χ4n) is 1.60. The Labute approximate surface area is 125 Å². The van der Waals surface area contributed by atoms with Gasteiger partial charge in [0.25, 0.3) is 0 Å². The van der Waals surface area contributed by atoms with Gasteiger partial charge in [0.15, 0.2) is 5.82 Å². The average molecular weight is 317 g/mol. The predicted octanol–water partition coefficient (Wildman–Crippen LogP) is 3.96. The molecule has 0 radical (unpaired) electrons. The van der Waals surface area contributed by atoms with Crippen LogP contribution in [0, 0.1) is 13.8 Å². The summed E-state index contributed by atoms with van der Waals surface area (Å²) in [6, 6.07) is 3.76. The van der Waals surface area contributed by atoms with E-state index in [1.54, 1.807) is 17.4 Å². The minimum absolute atomic E-state index is 0.390. The van der Waals surface area contributed by atoms with E-state index in [4.69, 9.17) is 29.0 Å². The number of anilines is 2. The minimum Gasteiger partial charge on any atom is -0.364 e. The second-order valence-corrected chi connectivity index (χ2v) is 6.25. The molecular weight excluding hydrogens is 303 g/mol. The first-order valence-electron chi connectivity index (χ1n) is 5.63. The summed E-state index contributed by atoms with van der Waals surface area (Å²) in [5, 5.41) is 4.04. The summed E-state index contributed by atoms with van der Waals surface area (Å²) in [6.45, 7) is 4.87. The van der Waals surface area contributed by atoms with Crippen LogP contribution in [0.2, 0.25) is 10.0 Å². The largest absolute Gasteiger partial charge is 0.364 e. The fourth-order valence-corrected chi connectivity index (χ4v) is 3.07. The summed E-state index contributed by atoms with van der Waals surface area (Å²) in [5.41, 5.74) is 3.73. The van der Waals surface area contributed by atoms with Gasteiger partial charge >= 0.3 is 0 Å². The van der Waals surface area contributed by atoms with Crippen molar-refractivity contribution in [1.82, 2.24) is 4.98 Å². The monoisotopic (exact) mass is 316 g/mol. The molecule has 0 aromatic carbocycles. The van der Waals surface area contributed by atoms with Gasteiger partial charge in [0.05, 0.1) is 16.6 Å². The van der Waals surface area contributed by atoms with Crippen molar-refractivity contribution in [2.75, 3.05) is 10.7 Å². The lowest BCUT2D eigenvalue weighted by Gasteiger charge is -2.09. The molecule has 0 spiro atoms. The van der Waals surface area contributed by atoms with E-state index in [9.17, 15) is 0 Å². The highest BCUT2D eigenvalue weighted by atomic mass is 35.5. The molecule has 102 valence electrons. The van der Waals surface area contributed by atoms with E-state index in [1.165, 1.54) is 15.3 Å². The Morgan fingerprint density at radius 1 is 1.21 bits per heavy atom. The van der Waals surface area contributed by atoms with Crippen molar-refractivity contribution in [3.05, 3.63) is 37.5 Å². The van der Waals surface area contributed by atoms with Gasteiger partial charge in [0.1, 0.15) is 5.82 Å². The molecule has 0 fully saturated rings. The van der Waals surface area contributed by atoms with Crippen molar-refractivity contribution in [3.63, 3.8) is 0 Å². The summed E-state index contributed by atoms with van der Waals surface area (Å²) in [4.78, 5) is 6.77. The van der Waals surface area contributed by atoms with E-state index in [0.717, 1.165) is 0 Å². The topological polar surface area (TPSA) is 63.0 Å². The number of pyridine rings is 1. The first-order valence-corrected chi connectivity index (χ1v) is 7.21. The maximum Gasteiger partial charge on any atom is 0.161 e. The molecule has 4 N–H and O–H groups in total. The number of hydrogen-bond donors (Lipinski definition) is 3. The fraction of sp³-hybridized carbons (Fsp3) is 0.250. The van der Waals surface area contributed by atoms with Gasteiger partial charge in [-0.05, 0) is 31.5 Å². The highest BCUT2D eigenvalue weighted by Crippen LogP contribution is 2.29. The Bertz CT molecular complexity index is 578. The third-order valence-corrected chi connectivity index (χ3v) is 4.44. The highest BCUT2D eigenvalue weighted by molar-refractivity contribution is 7.12. The SMILES string of the molecule is Cc1cc(CNc2nc(NN)c(Cl)cc2Cl)sc1C. The number of rotatable bonds is 4. The van der Waals surface area contributed by atoms with E-state index in [-0.39, 0.29) is 0 Å². The summed E-state index contributed by atoms with van der Waals surface area (Å²) in [5.74, 6) is 6.29. The van der Waals surface area contributed by atoms with Gasteiger partial charge in [-0.3, -0.25) is 0 Å². The van der Waals surface area contributed by atoms with Gasteiger partial charge in [0.2, 0.25) is 0 Å². The van der Waals surface area contributed by atoms with Crippen LogP contribution < -0.4 is 16.6 Å². The number of nitrogens with two attached hydrogens (primary N) is 1. The van der Waals surface area contributed by atoms with Gasteiger partial charge in [-0.1, -0.05) is 23.2 Å². The summed E-state index contributed by atoms with van der Waals surface area (Å²) in [7, 11) is 0. The molecule has 2 aromatic heterocycles. The molecule has 0 saturated carbocycles. The number of nitrogen functional groups attached to an aromatic ring is 1. The second kappa shape index (κ2) is 5.96. The van der Waals surface area contributed by atoms with Crippen molar-refractivity contribution in [3.8, 4) is 0 Å². The van der Waals surface area contributed by atoms with Crippen molar-refractivity contribution in [2.45, 2.75) is 20.4 Å². The summed E-state index contributed by atoms with van der Waals surface area (Å²) in [6.07, 6.45) is 0. The zero-order chi connectivity index (χ0) is 14.0. The number of halogens is 2. The molecule has 4 nitrogen and oxygen atoms in total. The molecule has 0 unspecified atom stereocenters. The van der Waals surface area contributed by atoms with Crippen molar-refractivity contribution in [1.29, 1.82) is 0 Å². The standard InChI is InChI=1S/C12H14Cl2N4S/c1-6-3-8(19-7(6)2)5-16-11-9(13)4-10(14)12(17-11)18-15/h3-4H,5,15H2,1-2H3,(H2,16,17,18). The normalized spacial score (nSPS) is 10.6. The zero-order valence-electron chi connectivity index (χ0n) is 10.6. The van der Waals surface area contributed by atoms with Crippen LogP contribution in [0.4, 0.5) is 11.6 Å². The molecule has 0 aliphatic heterocycles. The molecule has 2 rings (SSSR count). The molecular formula is C12H14Cl2N4S. The van der Waals surface area contributed by atoms with E-state index in [0.29, 0.717) is 28.2 Å². The van der Waals surface area contributed by atoms with E-state index >= 15 is 0 Å². The molecule has 0 bridgehead atoms. The Balaban J connectivity index is 2.15. The second-order valence-electron chi connectivity index (χ2n) is 4.10. The Morgan fingerprint density at radius 3 is 2.47 bits per heavy atom. The summed E-state index contributed by atoms with van der Waals surface area (Å²) >= 11 is 13.8. The van der Waals surface area contributed by atoms with Crippen LogP contribution in [-0.4, -0.2) is 4.98 Å². The van der Waals surface area contributed by atoms with Crippen LogP contribution in [0.5, 0.6) is 0 Å². The Kier molecular flexibility index (Phi) is 4.52. The number of thiophene rings is 1. The smallest absolute Gasteiger partial charge is 0.161 e. The van der Waals surface area contributed by atoms with Crippen molar-refractivity contribution in [2.24, 2.45) is 5.84 Å². The van der Waals surface area contributed by atoms with E-state index < -0.39 is 0 Å². The lowest BCUT2D eigenvalue weighted by molar-refractivity contribution is 1.13. The number of aromatic nitrogens is 1. The van der Waals surface area contributed by atoms with E-state index in [1.807, 2.05) is 0 Å². The van der Waals surface area contributed by atoms with Gasteiger partial charge in [0, 0.05) is 9.75 Å². The molecule has 7 heteroatoms. The van der Waals surface area contributed by atoms with Gasteiger partial charge in [-0.2, -0.15) is 0 Å². The number of nitrogens with zero attached hydrogens (tertiary/aromatic N) is 1.